The van der Waals surface area contributed by atoms with Gasteiger partial charge >= 0.3 is 0 Å². The SMILES string of the molecule is Fc1cccc(OCCOC2CCNCC2)c1. The van der Waals surface area contributed by atoms with Gasteiger partial charge in [-0.2, -0.15) is 0 Å². The molecule has 2 rings (SSSR count). The maximum absolute atomic E-state index is 12.8. The fourth-order valence-corrected chi connectivity index (χ4v) is 1.89. The minimum atomic E-state index is -0.276. The molecule has 1 aliphatic heterocycles. The van der Waals surface area contributed by atoms with E-state index in [0.29, 0.717) is 25.1 Å². The number of benzene rings is 1. The van der Waals surface area contributed by atoms with E-state index in [4.69, 9.17) is 9.47 Å². The Morgan fingerprint density at radius 3 is 2.82 bits per heavy atom. The van der Waals surface area contributed by atoms with Crippen molar-refractivity contribution in [2.24, 2.45) is 0 Å². The first-order chi connectivity index (χ1) is 8.34. The van der Waals surface area contributed by atoms with E-state index in [1.165, 1.54) is 12.1 Å². The van der Waals surface area contributed by atoms with Crippen LogP contribution in [-0.2, 0) is 4.74 Å². The number of ether oxygens (including phenoxy) is 2. The van der Waals surface area contributed by atoms with E-state index in [1.54, 1.807) is 12.1 Å². The molecular formula is C13H18FNO2. The molecule has 0 spiro atoms. The van der Waals surface area contributed by atoms with Gasteiger partial charge in [-0.15, -0.1) is 0 Å². The Morgan fingerprint density at radius 1 is 1.24 bits per heavy atom. The average Bonchev–Trinajstić information content (AvgIpc) is 2.36. The topological polar surface area (TPSA) is 30.5 Å². The minimum Gasteiger partial charge on any atom is -0.491 e. The van der Waals surface area contributed by atoms with Crippen LogP contribution >= 0.6 is 0 Å². The number of halogens is 1. The maximum Gasteiger partial charge on any atom is 0.126 e. The summed E-state index contributed by atoms with van der Waals surface area (Å²) in [4.78, 5) is 0. The normalized spacial score (nSPS) is 17.0. The van der Waals surface area contributed by atoms with Crippen molar-refractivity contribution in [1.82, 2.24) is 5.32 Å². The molecule has 0 radical (unpaired) electrons. The predicted octanol–water partition coefficient (Wildman–Crippen LogP) is 1.97. The lowest BCUT2D eigenvalue weighted by molar-refractivity contribution is 0.0168. The molecule has 1 saturated heterocycles. The third-order valence-electron chi connectivity index (χ3n) is 2.79. The standard InChI is InChI=1S/C13H18FNO2/c14-11-2-1-3-13(10-11)17-9-8-16-12-4-6-15-7-5-12/h1-3,10,12,15H,4-9H2. The van der Waals surface area contributed by atoms with Crippen LogP contribution in [0.4, 0.5) is 4.39 Å². The first-order valence-corrected chi connectivity index (χ1v) is 6.05. The monoisotopic (exact) mass is 239 g/mol. The van der Waals surface area contributed by atoms with E-state index in [0.717, 1.165) is 25.9 Å². The van der Waals surface area contributed by atoms with E-state index < -0.39 is 0 Å². The van der Waals surface area contributed by atoms with Crippen molar-refractivity contribution in [1.29, 1.82) is 0 Å². The molecule has 0 unspecified atom stereocenters. The summed E-state index contributed by atoms with van der Waals surface area (Å²) < 4.78 is 23.9. The summed E-state index contributed by atoms with van der Waals surface area (Å²) in [6.45, 7) is 3.07. The molecular weight excluding hydrogens is 221 g/mol. The van der Waals surface area contributed by atoms with Gasteiger partial charge in [0.15, 0.2) is 0 Å². The fourth-order valence-electron chi connectivity index (χ4n) is 1.89. The third-order valence-corrected chi connectivity index (χ3v) is 2.79. The number of piperidine rings is 1. The van der Waals surface area contributed by atoms with Crippen LogP contribution in [0.1, 0.15) is 12.8 Å². The molecule has 0 amide bonds. The van der Waals surface area contributed by atoms with Gasteiger partial charge in [0, 0.05) is 6.07 Å². The van der Waals surface area contributed by atoms with E-state index in [1.807, 2.05) is 0 Å². The van der Waals surface area contributed by atoms with Gasteiger partial charge in [0.05, 0.1) is 12.7 Å². The van der Waals surface area contributed by atoms with Crippen molar-refractivity contribution < 1.29 is 13.9 Å². The first-order valence-electron chi connectivity index (χ1n) is 6.05. The molecule has 0 saturated carbocycles. The summed E-state index contributed by atoms with van der Waals surface area (Å²) in [6.07, 6.45) is 2.45. The van der Waals surface area contributed by atoms with Crippen molar-refractivity contribution in [2.45, 2.75) is 18.9 Å². The average molecular weight is 239 g/mol. The van der Waals surface area contributed by atoms with Gasteiger partial charge in [-0.3, -0.25) is 0 Å². The van der Waals surface area contributed by atoms with Crippen molar-refractivity contribution in [3.8, 4) is 5.75 Å². The molecule has 1 heterocycles. The summed E-state index contributed by atoms with van der Waals surface area (Å²) in [5.41, 5.74) is 0. The van der Waals surface area contributed by atoms with Crippen LogP contribution < -0.4 is 10.1 Å². The quantitative estimate of drug-likeness (QED) is 0.797. The maximum atomic E-state index is 12.8. The molecule has 1 aromatic carbocycles. The van der Waals surface area contributed by atoms with E-state index in [-0.39, 0.29) is 5.82 Å². The molecule has 1 fully saturated rings. The van der Waals surface area contributed by atoms with Crippen LogP contribution in [0.25, 0.3) is 0 Å². The van der Waals surface area contributed by atoms with Crippen LogP contribution in [-0.4, -0.2) is 32.4 Å². The van der Waals surface area contributed by atoms with Gasteiger partial charge < -0.3 is 14.8 Å². The lowest BCUT2D eigenvalue weighted by Crippen LogP contribution is -2.33. The van der Waals surface area contributed by atoms with Gasteiger partial charge in [-0.05, 0) is 38.1 Å². The van der Waals surface area contributed by atoms with Gasteiger partial charge in [-0.1, -0.05) is 6.07 Å². The molecule has 1 aromatic rings. The zero-order valence-corrected chi connectivity index (χ0v) is 9.82. The minimum absolute atomic E-state index is 0.276. The number of hydrogen-bond donors (Lipinski definition) is 1. The fraction of sp³-hybridized carbons (Fsp3) is 0.538. The molecule has 0 bridgehead atoms. The lowest BCUT2D eigenvalue weighted by atomic mass is 10.1. The molecule has 4 heteroatoms. The van der Waals surface area contributed by atoms with Crippen molar-refractivity contribution in [3.63, 3.8) is 0 Å². The Kier molecular flexibility index (Phi) is 4.76. The summed E-state index contributed by atoms with van der Waals surface area (Å²) in [7, 11) is 0. The van der Waals surface area contributed by atoms with Gasteiger partial charge in [0.2, 0.25) is 0 Å². The molecule has 0 aliphatic carbocycles. The smallest absolute Gasteiger partial charge is 0.126 e. The van der Waals surface area contributed by atoms with Crippen molar-refractivity contribution >= 4 is 0 Å². The Labute approximate surface area is 101 Å². The number of nitrogens with one attached hydrogen (secondary N) is 1. The zero-order chi connectivity index (χ0) is 11.9. The molecule has 17 heavy (non-hydrogen) atoms. The van der Waals surface area contributed by atoms with E-state index in [9.17, 15) is 4.39 Å². The van der Waals surface area contributed by atoms with E-state index >= 15 is 0 Å². The van der Waals surface area contributed by atoms with Crippen LogP contribution in [0.15, 0.2) is 24.3 Å². The Hall–Kier alpha value is -1.13. The summed E-state index contributed by atoms with van der Waals surface area (Å²) in [6, 6.07) is 6.16. The molecule has 1 aliphatic rings. The Bertz CT molecular complexity index is 340. The molecule has 0 aromatic heterocycles. The molecule has 94 valence electrons. The largest absolute Gasteiger partial charge is 0.491 e. The van der Waals surface area contributed by atoms with Crippen LogP contribution in [0.5, 0.6) is 5.75 Å². The van der Waals surface area contributed by atoms with Crippen molar-refractivity contribution in [2.75, 3.05) is 26.3 Å². The van der Waals surface area contributed by atoms with Gasteiger partial charge in [-0.25, -0.2) is 4.39 Å². The predicted molar refractivity (Wildman–Crippen MR) is 63.7 cm³/mol. The van der Waals surface area contributed by atoms with Crippen LogP contribution in [0.2, 0.25) is 0 Å². The number of rotatable bonds is 5. The third kappa shape index (κ3) is 4.32. The second kappa shape index (κ2) is 6.57. The molecule has 0 atom stereocenters. The zero-order valence-electron chi connectivity index (χ0n) is 9.82. The van der Waals surface area contributed by atoms with Crippen LogP contribution in [0.3, 0.4) is 0 Å². The number of hydrogen-bond acceptors (Lipinski definition) is 3. The summed E-state index contributed by atoms with van der Waals surface area (Å²) in [5.74, 6) is 0.278. The first kappa shape index (κ1) is 12.3. The highest BCUT2D eigenvalue weighted by Crippen LogP contribution is 2.12. The summed E-state index contributed by atoms with van der Waals surface area (Å²) >= 11 is 0. The second-order valence-electron chi connectivity index (χ2n) is 4.13. The highest BCUT2D eigenvalue weighted by Gasteiger charge is 2.12. The molecule has 3 nitrogen and oxygen atoms in total. The summed E-state index contributed by atoms with van der Waals surface area (Å²) in [5, 5.41) is 3.28. The Balaban J connectivity index is 1.62. The van der Waals surface area contributed by atoms with Gasteiger partial charge in [0.25, 0.3) is 0 Å². The second-order valence-corrected chi connectivity index (χ2v) is 4.13. The Morgan fingerprint density at radius 2 is 2.06 bits per heavy atom. The van der Waals surface area contributed by atoms with E-state index in [2.05, 4.69) is 5.32 Å². The highest BCUT2D eigenvalue weighted by molar-refractivity contribution is 5.22. The van der Waals surface area contributed by atoms with Gasteiger partial charge in [0.1, 0.15) is 18.2 Å². The molecule has 1 N–H and O–H groups in total. The van der Waals surface area contributed by atoms with Crippen LogP contribution in [0, 0.1) is 5.82 Å². The highest BCUT2D eigenvalue weighted by atomic mass is 19.1. The van der Waals surface area contributed by atoms with Crippen molar-refractivity contribution in [3.05, 3.63) is 30.1 Å². The lowest BCUT2D eigenvalue weighted by Gasteiger charge is -2.22.